The number of aliphatic carboxylic acids is 1. The molecule has 2 N–H and O–H groups in total. The smallest absolute Gasteiger partial charge is 0.317 e. The van der Waals surface area contributed by atoms with Crippen molar-refractivity contribution in [2.45, 2.75) is 57.0 Å². The molecule has 0 spiro atoms. The predicted octanol–water partition coefficient (Wildman–Crippen LogP) is 2.42. The summed E-state index contributed by atoms with van der Waals surface area (Å²) >= 11 is 0. The Morgan fingerprint density at radius 2 is 1.93 bits per heavy atom. The summed E-state index contributed by atoms with van der Waals surface area (Å²) in [4.78, 5) is 26.1. The van der Waals surface area contributed by atoms with Crippen LogP contribution in [0.1, 0.15) is 45.1 Å². The molecule has 0 radical (unpaired) electrons. The molecule has 0 saturated heterocycles. The number of hydrogen-bond donors (Lipinski definition) is 2. The molecule has 3 rings (SSSR count). The van der Waals surface area contributed by atoms with Gasteiger partial charge in [-0.1, -0.05) is 18.2 Å². The van der Waals surface area contributed by atoms with Crippen molar-refractivity contribution in [3.8, 4) is 5.75 Å². The largest absolute Gasteiger partial charge is 0.496 e. The molecule has 27 heavy (non-hydrogen) atoms. The van der Waals surface area contributed by atoms with Crippen molar-refractivity contribution in [3.63, 3.8) is 0 Å². The molecule has 0 heterocycles. The van der Waals surface area contributed by atoms with E-state index in [1.54, 1.807) is 7.11 Å². The molecule has 2 aliphatic carbocycles. The Bertz CT molecular complexity index is 693. The number of nitrogens with zero attached hydrogens (tertiary/aromatic N) is 1. The van der Waals surface area contributed by atoms with E-state index in [1.165, 1.54) is 12.8 Å². The van der Waals surface area contributed by atoms with Crippen LogP contribution in [0.15, 0.2) is 24.3 Å². The molecule has 0 unspecified atom stereocenters. The van der Waals surface area contributed by atoms with Crippen LogP contribution < -0.4 is 10.1 Å². The van der Waals surface area contributed by atoms with Gasteiger partial charge in [0.25, 0.3) is 0 Å². The second-order valence-electron chi connectivity index (χ2n) is 8.39. The number of nitrogens with one attached hydrogen (secondary N) is 1. The third kappa shape index (κ3) is 4.61. The predicted molar refractivity (Wildman–Crippen MR) is 103 cm³/mol. The lowest BCUT2D eigenvalue weighted by molar-refractivity contribution is -0.140. The second kappa shape index (κ2) is 7.89. The van der Waals surface area contributed by atoms with Crippen molar-refractivity contribution >= 4 is 11.9 Å². The molecule has 0 atom stereocenters. The average molecular weight is 374 g/mol. The van der Waals surface area contributed by atoms with Crippen molar-refractivity contribution in [2.75, 3.05) is 20.2 Å². The van der Waals surface area contributed by atoms with E-state index in [4.69, 9.17) is 9.84 Å². The number of hydrogen-bond acceptors (Lipinski definition) is 4. The molecule has 0 bridgehead atoms. The summed E-state index contributed by atoms with van der Waals surface area (Å²) < 4.78 is 5.41. The Labute approximate surface area is 160 Å². The highest BCUT2D eigenvalue weighted by Crippen LogP contribution is 2.35. The van der Waals surface area contributed by atoms with E-state index in [0.29, 0.717) is 11.7 Å². The normalized spacial score (nSPS) is 22.2. The zero-order valence-electron chi connectivity index (χ0n) is 16.4. The van der Waals surface area contributed by atoms with Gasteiger partial charge in [0.15, 0.2) is 0 Å². The lowest BCUT2D eigenvalue weighted by Crippen LogP contribution is -2.57. The molecule has 1 amide bonds. The Balaban J connectivity index is 1.56. The van der Waals surface area contributed by atoms with Crippen LogP contribution in [-0.2, 0) is 15.0 Å². The fourth-order valence-corrected chi connectivity index (χ4v) is 3.80. The number of carbonyl (C=O) groups excluding carboxylic acids is 1. The van der Waals surface area contributed by atoms with Crippen LogP contribution in [0.5, 0.6) is 5.75 Å². The third-order valence-electron chi connectivity index (χ3n) is 5.84. The number of carbonyl (C=O) groups is 2. The van der Waals surface area contributed by atoms with Gasteiger partial charge >= 0.3 is 5.97 Å². The van der Waals surface area contributed by atoms with Gasteiger partial charge in [-0.15, -0.1) is 0 Å². The van der Waals surface area contributed by atoms with Crippen LogP contribution in [-0.4, -0.2) is 54.2 Å². The van der Waals surface area contributed by atoms with Crippen LogP contribution in [0.4, 0.5) is 0 Å². The molecule has 2 aliphatic rings. The summed E-state index contributed by atoms with van der Waals surface area (Å²) in [7, 11) is 1.61. The van der Waals surface area contributed by atoms with Crippen LogP contribution in [0, 0.1) is 5.92 Å². The van der Waals surface area contributed by atoms with Crippen molar-refractivity contribution in [2.24, 2.45) is 5.92 Å². The van der Waals surface area contributed by atoms with E-state index in [9.17, 15) is 9.59 Å². The summed E-state index contributed by atoms with van der Waals surface area (Å²) in [5.74, 6) is 0.562. The van der Waals surface area contributed by atoms with Crippen LogP contribution in [0.3, 0.4) is 0 Å². The number of rotatable bonds is 9. The summed E-state index contributed by atoms with van der Waals surface area (Å²) in [5, 5.41) is 12.3. The lowest BCUT2D eigenvalue weighted by atomic mass is 9.80. The topological polar surface area (TPSA) is 78.9 Å². The van der Waals surface area contributed by atoms with Gasteiger partial charge < -0.3 is 15.2 Å². The minimum Gasteiger partial charge on any atom is -0.496 e. The van der Waals surface area contributed by atoms with Crippen molar-refractivity contribution in [3.05, 3.63) is 29.8 Å². The molecule has 6 nitrogen and oxygen atoms in total. The highest BCUT2D eigenvalue weighted by atomic mass is 16.5. The van der Waals surface area contributed by atoms with Gasteiger partial charge in [-0.25, -0.2) is 0 Å². The first-order valence-corrected chi connectivity index (χ1v) is 9.71. The van der Waals surface area contributed by atoms with Crippen LogP contribution >= 0.6 is 0 Å². The fourth-order valence-electron chi connectivity index (χ4n) is 3.80. The molecule has 2 saturated carbocycles. The highest BCUT2D eigenvalue weighted by Gasteiger charge is 2.40. The maximum absolute atomic E-state index is 12.9. The number of amides is 1. The van der Waals surface area contributed by atoms with Gasteiger partial charge in [-0.2, -0.15) is 0 Å². The van der Waals surface area contributed by atoms with Gasteiger partial charge in [-0.3, -0.25) is 14.5 Å². The third-order valence-corrected chi connectivity index (χ3v) is 5.84. The first-order valence-electron chi connectivity index (χ1n) is 9.71. The van der Waals surface area contributed by atoms with E-state index < -0.39 is 11.4 Å². The minimum atomic E-state index is -0.777. The number of methoxy groups -OCH3 is 1. The standard InChI is InChI=1S/C21H30N2O4/c1-21(2,17-6-4-5-7-18(17)27-3)20(26)22-15-10-16(11-15)23(13-19(24)25)12-14-8-9-14/h4-7,14-16H,8-13H2,1-3H3,(H,22,26)(H,24,25). The number of benzene rings is 1. The number of carboxylic acid groups (broad SMARTS) is 1. The van der Waals surface area contributed by atoms with Crippen molar-refractivity contribution in [1.29, 1.82) is 0 Å². The monoisotopic (exact) mass is 374 g/mol. The molecule has 6 heteroatoms. The highest BCUT2D eigenvalue weighted by molar-refractivity contribution is 5.88. The first-order chi connectivity index (χ1) is 12.8. The molecule has 0 aliphatic heterocycles. The molecule has 148 valence electrons. The number of ether oxygens (including phenoxy) is 1. The van der Waals surface area contributed by atoms with Gasteiger partial charge in [0.05, 0.1) is 19.1 Å². The van der Waals surface area contributed by atoms with Crippen LogP contribution in [0.25, 0.3) is 0 Å². The molecule has 1 aromatic carbocycles. The van der Waals surface area contributed by atoms with Gasteiger partial charge in [0.1, 0.15) is 5.75 Å². The Morgan fingerprint density at radius 3 is 2.52 bits per heavy atom. The molecule has 2 fully saturated rings. The van der Waals surface area contributed by atoms with E-state index in [0.717, 1.165) is 24.9 Å². The van der Waals surface area contributed by atoms with Crippen molar-refractivity contribution in [1.82, 2.24) is 10.2 Å². The zero-order valence-corrected chi connectivity index (χ0v) is 16.4. The summed E-state index contributed by atoms with van der Waals surface area (Å²) in [6.07, 6.45) is 4.04. The first kappa shape index (κ1) is 19.7. The Hall–Kier alpha value is -2.08. The zero-order chi connectivity index (χ0) is 19.6. The fraction of sp³-hybridized carbons (Fsp3) is 0.619. The lowest BCUT2D eigenvalue weighted by Gasteiger charge is -2.43. The van der Waals surface area contributed by atoms with Crippen molar-refractivity contribution < 1.29 is 19.4 Å². The second-order valence-corrected chi connectivity index (χ2v) is 8.39. The quantitative estimate of drug-likeness (QED) is 0.694. The van der Waals surface area contributed by atoms with Gasteiger partial charge in [-0.05, 0) is 51.5 Å². The van der Waals surface area contributed by atoms with Gasteiger partial charge in [0.2, 0.25) is 5.91 Å². The Kier molecular flexibility index (Phi) is 5.75. The summed E-state index contributed by atoms with van der Waals surface area (Å²) in [5.41, 5.74) is 0.161. The summed E-state index contributed by atoms with van der Waals surface area (Å²) in [6, 6.07) is 7.95. The molecular weight excluding hydrogens is 344 g/mol. The maximum atomic E-state index is 12.9. The molecule has 0 aromatic heterocycles. The van der Waals surface area contributed by atoms with E-state index in [2.05, 4.69) is 10.2 Å². The summed E-state index contributed by atoms with van der Waals surface area (Å²) in [6.45, 7) is 4.76. The molecule has 1 aromatic rings. The van der Waals surface area contributed by atoms with Crippen LogP contribution in [0.2, 0.25) is 0 Å². The average Bonchev–Trinajstić information content (AvgIpc) is 3.40. The van der Waals surface area contributed by atoms with E-state index in [1.807, 2.05) is 38.1 Å². The molecular formula is C21H30N2O4. The van der Waals surface area contributed by atoms with Gasteiger partial charge in [0, 0.05) is 24.2 Å². The Morgan fingerprint density at radius 1 is 1.26 bits per heavy atom. The van der Waals surface area contributed by atoms with E-state index >= 15 is 0 Å². The number of carboxylic acids is 1. The maximum Gasteiger partial charge on any atom is 0.317 e. The number of para-hydroxylation sites is 1. The van der Waals surface area contributed by atoms with E-state index in [-0.39, 0.29) is 24.5 Å². The minimum absolute atomic E-state index is 0.0255. The SMILES string of the molecule is COc1ccccc1C(C)(C)C(=O)NC1CC(N(CC(=O)O)CC2CC2)C1.